The Labute approximate surface area is 97.8 Å². The van der Waals surface area contributed by atoms with E-state index < -0.39 is 0 Å². The van der Waals surface area contributed by atoms with Gasteiger partial charge in [0.1, 0.15) is 0 Å². The maximum Gasteiger partial charge on any atom is 0.0884 e. The van der Waals surface area contributed by atoms with E-state index in [4.69, 9.17) is 10.5 Å². The van der Waals surface area contributed by atoms with Gasteiger partial charge in [0.25, 0.3) is 0 Å². The van der Waals surface area contributed by atoms with Gasteiger partial charge in [0.2, 0.25) is 0 Å². The van der Waals surface area contributed by atoms with E-state index in [2.05, 4.69) is 18.9 Å². The highest BCUT2D eigenvalue weighted by molar-refractivity contribution is 5.11. The quantitative estimate of drug-likeness (QED) is 0.805. The van der Waals surface area contributed by atoms with Gasteiger partial charge in [-0.25, -0.2) is 0 Å². The summed E-state index contributed by atoms with van der Waals surface area (Å²) in [5.41, 5.74) is 6.91. The van der Waals surface area contributed by atoms with E-state index in [0.717, 1.165) is 18.5 Å². The van der Waals surface area contributed by atoms with Gasteiger partial charge < -0.3 is 10.5 Å². The average molecular weight is 225 g/mol. The first-order chi connectivity index (χ1) is 7.59. The van der Waals surface area contributed by atoms with Crippen molar-refractivity contribution >= 4 is 0 Å². The Morgan fingerprint density at radius 1 is 1.44 bits per heavy atom. The van der Waals surface area contributed by atoms with Gasteiger partial charge in [0.05, 0.1) is 17.3 Å². The summed E-state index contributed by atoms with van der Waals surface area (Å²) in [4.78, 5) is 0. The lowest BCUT2D eigenvalue weighted by Crippen LogP contribution is -2.43. The lowest BCUT2D eigenvalue weighted by molar-refractivity contribution is -0.0654. The largest absolute Gasteiger partial charge is 0.373 e. The van der Waals surface area contributed by atoms with E-state index in [9.17, 15) is 0 Å². The molecule has 0 saturated heterocycles. The van der Waals surface area contributed by atoms with Gasteiger partial charge in [-0.15, -0.1) is 0 Å². The lowest BCUT2D eigenvalue weighted by atomic mass is 9.87. The maximum absolute atomic E-state index is 6.29. The molecule has 16 heavy (non-hydrogen) atoms. The van der Waals surface area contributed by atoms with Crippen molar-refractivity contribution in [1.29, 1.82) is 0 Å². The molecule has 1 aromatic rings. The molecule has 0 aliphatic heterocycles. The molecule has 0 saturated carbocycles. The molecule has 0 aliphatic rings. The first kappa shape index (κ1) is 13.2. The van der Waals surface area contributed by atoms with Crippen LogP contribution in [0.5, 0.6) is 0 Å². The second-order valence-corrected chi connectivity index (χ2v) is 4.10. The predicted octanol–water partition coefficient (Wildman–Crippen LogP) is 2.02. The number of rotatable bonds is 6. The Hall–Kier alpha value is -0.870. The summed E-state index contributed by atoms with van der Waals surface area (Å²) in [5.74, 6) is 0. The van der Waals surface area contributed by atoms with Gasteiger partial charge in [-0.3, -0.25) is 4.68 Å². The molecule has 0 aromatic carbocycles. The standard InChI is InChI=1S/C12H23N3O/c1-5-12(6-2,16-7-3)11(13)10-8-9-15(4)14-10/h8-9,11H,5-7,13H2,1-4H3. The molecule has 0 fully saturated rings. The van der Waals surface area contributed by atoms with Crippen LogP contribution in [0.1, 0.15) is 45.3 Å². The Morgan fingerprint density at radius 3 is 2.44 bits per heavy atom. The van der Waals surface area contributed by atoms with Crippen molar-refractivity contribution in [1.82, 2.24) is 9.78 Å². The topological polar surface area (TPSA) is 53.1 Å². The lowest BCUT2D eigenvalue weighted by Gasteiger charge is -2.36. The van der Waals surface area contributed by atoms with E-state index in [-0.39, 0.29) is 11.6 Å². The first-order valence-electron chi connectivity index (χ1n) is 5.98. The number of hydrogen-bond acceptors (Lipinski definition) is 3. The number of ether oxygens (including phenoxy) is 1. The number of nitrogens with two attached hydrogens (primary N) is 1. The van der Waals surface area contributed by atoms with E-state index >= 15 is 0 Å². The van der Waals surface area contributed by atoms with Crippen molar-refractivity contribution in [2.75, 3.05) is 6.61 Å². The summed E-state index contributed by atoms with van der Waals surface area (Å²) in [6.07, 6.45) is 3.71. The SMILES string of the molecule is CCOC(CC)(CC)C(N)c1ccn(C)n1. The van der Waals surface area contributed by atoms with Crippen LogP contribution in [0.4, 0.5) is 0 Å². The minimum Gasteiger partial charge on any atom is -0.373 e. The molecule has 1 aromatic heterocycles. The second-order valence-electron chi connectivity index (χ2n) is 4.10. The van der Waals surface area contributed by atoms with E-state index in [1.807, 2.05) is 26.2 Å². The minimum absolute atomic E-state index is 0.163. The third-order valence-electron chi connectivity index (χ3n) is 3.25. The summed E-state index contributed by atoms with van der Waals surface area (Å²) >= 11 is 0. The monoisotopic (exact) mass is 225 g/mol. The van der Waals surface area contributed by atoms with Gasteiger partial charge >= 0.3 is 0 Å². The van der Waals surface area contributed by atoms with Crippen LogP contribution in [0.15, 0.2) is 12.3 Å². The fourth-order valence-corrected chi connectivity index (χ4v) is 2.14. The number of hydrogen-bond donors (Lipinski definition) is 1. The van der Waals surface area contributed by atoms with Gasteiger partial charge in [-0.2, -0.15) is 5.10 Å². The summed E-state index contributed by atoms with van der Waals surface area (Å²) in [6, 6.07) is 1.80. The first-order valence-corrected chi connectivity index (χ1v) is 5.98. The van der Waals surface area contributed by atoms with Crippen molar-refractivity contribution < 1.29 is 4.74 Å². The Bertz CT molecular complexity index is 318. The molecule has 92 valence electrons. The van der Waals surface area contributed by atoms with Crippen molar-refractivity contribution in [3.63, 3.8) is 0 Å². The van der Waals surface area contributed by atoms with E-state index in [0.29, 0.717) is 6.61 Å². The van der Waals surface area contributed by atoms with Crippen molar-refractivity contribution in [2.45, 2.75) is 45.3 Å². The molecular formula is C12H23N3O. The predicted molar refractivity (Wildman–Crippen MR) is 65.1 cm³/mol. The molecule has 0 radical (unpaired) electrons. The Morgan fingerprint density at radius 2 is 2.06 bits per heavy atom. The zero-order valence-corrected chi connectivity index (χ0v) is 10.7. The molecule has 1 unspecified atom stereocenters. The highest BCUT2D eigenvalue weighted by Crippen LogP contribution is 2.32. The summed E-state index contributed by atoms with van der Waals surface area (Å²) in [6.45, 7) is 6.91. The highest BCUT2D eigenvalue weighted by Gasteiger charge is 2.36. The molecule has 0 bridgehead atoms. The second kappa shape index (κ2) is 5.46. The average Bonchev–Trinajstić information content (AvgIpc) is 2.72. The molecule has 0 spiro atoms. The molecule has 4 heteroatoms. The molecule has 1 rings (SSSR count). The normalized spacial score (nSPS) is 14.1. The third-order valence-corrected chi connectivity index (χ3v) is 3.25. The molecule has 1 atom stereocenters. The fraction of sp³-hybridized carbons (Fsp3) is 0.750. The third kappa shape index (κ3) is 2.44. The number of nitrogens with zero attached hydrogens (tertiary/aromatic N) is 2. The van der Waals surface area contributed by atoms with Crippen LogP contribution in [0.25, 0.3) is 0 Å². The van der Waals surface area contributed by atoms with Crippen LogP contribution < -0.4 is 5.73 Å². The molecule has 2 N–H and O–H groups in total. The van der Waals surface area contributed by atoms with Crippen LogP contribution in [0, 0.1) is 0 Å². The summed E-state index contributed by atoms with van der Waals surface area (Å²) < 4.78 is 7.65. The molecule has 0 aliphatic carbocycles. The van der Waals surface area contributed by atoms with Crippen molar-refractivity contribution in [2.24, 2.45) is 12.8 Å². The van der Waals surface area contributed by atoms with E-state index in [1.54, 1.807) is 4.68 Å². The van der Waals surface area contributed by atoms with Crippen LogP contribution in [-0.4, -0.2) is 22.0 Å². The zero-order chi connectivity index (χ0) is 12.2. The van der Waals surface area contributed by atoms with Gasteiger partial charge in [0.15, 0.2) is 0 Å². The van der Waals surface area contributed by atoms with Crippen LogP contribution in [0.3, 0.4) is 0 Å². The Balaban J connectivity index is 2.94. The smallest absolute Gasteiger partial charge is 0.0884 e. The molecule has 0 amide bonds. The fourth-order valence-electron chi connectivity index (χ4n) is 2.14. The maximum atomic E-state index is 6.29. The van der Waals surface area contributed by atoms with Crippen LogP contribution in [-0.2, 0) is 11.8 Å². The number of aromatic nitrogens is 2. The van der Waals surface area contributed by atoms with Crippen LogP contribution in [0.2, 0.25) is 0 Å². The summed E-state index contributed by atoms with van der Waals surface area (Å²) in [7, 11) is 1.90. The minimum atomic E-state index is -0.289. The summed E-state index contributed by atoms with van der Waals surface area (Å²) in [5, 5.41) is 4.37. The van der Waals surface area contributed by atoms with Gasteiger partial charge in [0, 0.05) is 19.9 Å². The van der Waals surface area contributed by atoms with E-state index in [1.165, 1.54) is 0 Å². The van der Waals surface area contributed by atoms with Crippen molar-refractivity contribution in [3.05, 3.63) is 18.0 Å². The number of aryl methyl sites for hydroxylation is 1. The van der Waals surface area contributed by atoms with Crippen molar-refractivity contribution in [3.8, 4) is 0 Å². The molecular weight excluding hydrogens is 202 g/mol. The highest BCUT2D eigenvalue weighted by atomic mass is 16.5. The molecule has 1 heterocycles. The van der Waals surface area contributed by atoms with Gasteiger partial charge in [-0.1, -0.05) is 13.8 Å². The van der Waals surface area contributed by atoms with Gasteiger partial charge in [-0.05, 0) is 25.8 Å². The molecule has 4 nitrogen and oxygen atoms in total. The zero-order valence-electron chi connectivity index (χ0n) is 10.7. The van der Waals surface area contributed by atoms with Crippen LogP contribution >= 0.6 is 0 Å². The Kier molecular flexibility index (Phi) is 4.50.